The molecule has 104 valence electrons. The monoisotopic (exact) mass is 278 g/mol. The molecule has 19 heavy (non-hydrogen) atoms. The SMILES string of the molecule is CC(C)C(C(=O)NCCCc1ccccc1)C(N)=S. The van der Waals surface area contributed by atoms with Crippen LogP contribution < -0.4 is 11.1 Å². The Kier molecular flexibility index (Phi) is 6.50. The van der Waals surface area contributed by atoms with Gasteiger partial charge in [0.15, 0.2) is 0 Å². The van der Waals surface area contributed by atoms with E-state index in [-0.39, 0.29) is 22.7 Å². The molecule has 0 saturated heterocycles. The van der Waals surface area contributed by atoms with Crippen molar-refractivity contribution in [1.29, 1.82) is 0 Å². The number of thiocarbonyl (C=S) groups is 1. The summed E-state index contributed by atoms with van der Waals surface area (Å²) in [6.07, 6.45) is 1.87. The van der Waals surface area contributed by atoms with E-state index in [1.165, 1.54) is 5.56 Å². The standard InChI is InChI=1S/C15H22N2OS/c1-11(2)13(14(16)19)15(18)17-10-6-9-12-7-4-3-5-8-12/h3-5,7-8,11,13H,6,9-10H2,1-2H3,(H2,16,19)(H,17,18). The number of rotatable bonds is 7. The fourth-order valence-corrected chi connectivity index (χ4v) is 2.40. The maximum Gasteiger partial charge on any atom is 0.230 e. The van der Waals surface area contributed by atoms with Crippen LogP contribution in [0.4, 0.5) is 0 Å². The highest BCUT2D eigenvalue weighted by Gasteiger charge is 2.24. The molecular formula is C15H22N2OS. The first-order valence-corrected chi connectivity index (χ1v) is 7.04. The lowest BCUT2D eigenvalue weighted by Gasteiger charge is -2.18. The zero-order valence-electron chi connectivity index (χ0n) is 11.6. The number of nitrogens with two attached hydrogens (primary N) is 1. The predicted octanol–water partition coefficient (Wildman–Crippen LogP) is 2.29. The lowest BCUT2D eigenvalue weighted by atomic mass is 9.95. The van der Waals surface area contributed by atoms with Crippen molar-refractivity contribution in [3.63, 3.8) is 0 Å². The molecule has 0 bridgehead atoms. The number of carbonyl (C=O) groups is 1. The molecule has 0 heterocycles. The van der Waals surface area contributed by atoms with Crippen LogP contribution in [0, 0.1) is 11.8 Å². The number of nitrogens with one attached hydrogen (secondary N) is 1. The molecule has 0 aliphatic carbocycles. The van der Waals surface area contributed by atoms with E-state index in [1.54, 1.807) is 0 Å². The summed E-state index contributed by atoms with van der Waals surface area (Å²) in [6.45, 7) is 4.56. The van der Waals surface area contributed by atoms with Gasteiger partial charge in [-0.3, -0.25) is 4.79 Å². The van der Waals surface area contributed by atoms with Gasteiger partial charge in [0.1, 0.15) is 0 Å². The van der Waals surface area contributed by atoms with Gasteiger partial charge < -0.3 is 11.1 Å². The van der Waals surface area contributed by atoms with E-state index in [0.29, 0.717) is 6.54 Å². The number of hydrogen-bond acceptors (Lipinski definition) is 2. The minimum absolute atomic E-state index is 0.0597. The van der Waals surface area contributed by atoms with Crippen molar-refractivity contribution < 1.29 is 4.79 Å². The normalized spacial score (nSPS) is 12.2. The molecule has 3 nitrogen and oxygen atoms in total. The van der Waals surface area contributed by atoms with Crippen molar-refractivity contribution in [1.82, 2.24) is 5.32 Å². The average molecular weight is 278 g/mol. The van der Waals surface area contributed by atoms with Gasteiger partial charge in [-0.2, -0.15) is 0 Å². The van der Waals surface area contributed by atoms with Gasteiger partial charge in [-0.05, 0) is 24.3 Å². The molecule has 4 heteroatoms. The third-order valence-electron chi connectivity index (χ3n) is 3.04. The van der Waals surface area contributed by atoms with Gasteiger partial charge >= 0.3 is 0 Å². The first-order valence-electron chi connectivity index (χ1n) is 6.63. The van der Waals surface area contributed by atoms with Crippen molar-refractivity contribution in [3.8, 4) is 0 Å². The van der Waals surface area contributed by atoms with Crippen molar-refractivity contribution in [2.45, 2.75) is 26.7 Å². The molecule has 3 N–H and O–H groups in total. The van der Waals surface area contributed by atoms with Gasteiger partial charge in [0.05, 0.1) is 10.9 Å². The molecule has 0 aromatic heterocycles. The Balaban J connectivity index is 2.32. The molecule has 0 fully saturated rings. The van der Waals surface area contributed by atoms with Crippen LogP contribution in [0.5, 0.6) is 0 Å². The van der Waals surface area contributed by atoms with Gasteiger partial charge in [0, 0.05) is 6.54 Å². The Bertz CT molecular complexity index is 417. The molecule has 0 saturated carbocycles. The molecule has 1 atom stereocenters. The Morgan fingerprint density at radius 3 is 2.47 bits per heavy atom. The van der Waals surface area contributed by atoms with Gasteiger partial charge in [0.2, 0.25) is 5.91 Å². The number of amides is 1. The van der Waals surface area contributed by atoms with E-state index < -0.39 is 0 Å². The summed E-state index contributed by atoms with van der Waals surface area (Å²) >= 11 is 4.94. The predicted molar refractivity (Wildman–Crippen MR) is 82.9 cm³/mol. The summed E-state index contributed by atoms with van der Waals surface area (Å²) < 4.78 is 0. The largest absolute Gasteiger partial charge is 0.393 e. The third kappa shape index (κ3) is 5.39. The molecule has 1 aromatic rings. The maximum absolute atomic E-state index is 12.0. The Labute approximate surface area is 120 Å². The number of carbonyl (C=O) groups excluding carboxylic acids is 1. The number of benzene rings is 1. The fourth-order valence-electron chi connectivity index (χ4n) is 2.02. The quantitative estimate of drug-likeness (QED) is 0.594. The first kappa shape index (κ1) is 15.6. The highest BCUT2D eigenvalue weighted by atomic mass is 32.1. The van der Waals surface area contributed by atoms with E-state index in [9.17, 15) is 4.79 Å². The first-order chi connectivity index (χ1) is 9.02. The molecule has 0 radical (unpaired) electrons. The zero-order chi connectivity index (χ0) is 14.3. The van der Waals surface area contributed by atoms with E-state index in [1.807, 2.05) is 32.0 Å². The van der Waals surface area contributed by atoms with Gasteiger partial charge in [0.25, 0.3) is 0 Å². The molecule has 1 unspecified atom stereocenters. The van der Waals surface area contributed by atoms with E-state index >= 15 is 0 Å². The van der Waals surface area contributed by atoms with Crippen LogP contribution in [-0.4, -0.2) is 17.4 Å². The Morgan fingerprint density at radius 1 is 1.32 bits per heavy atom. The summed E-state index contributed by atoms with van der Waals surface area (Å²) in [5, 5.41) is 2.91. The summed E-state index contributed by atoms with van der Waals surface area (Å²) in [7, 11) is 0. The van der Waals surface area contributed by atoms with Gasteiger partial charge in [-0.25, -0.2) is 0 Å². The number of aryl methyl sites for hydroxylation is 1. The highest BCUT2D eigenvalue weighted by Crippen LogP contribution is 2.11. The molecule has 0 aliphatic heterocycles. The smallest absolute Gasteiger partial charge is 0.230 e. The second-order valence-electron chi connectivity index (χ2n) is 5.00. The summed E-state index contributed by atoms with van der Waals surface area (Å²) in [6, 6.07) is 10.2. The van der Waals surface area contributed by atoms with Crippen LogP contribution in [-0.2, 0) is 11.2 Å². The minimum atomic E-state index is -0.369. The third-order valence-corrected chi connectivity index (χ3v) is 3.29. The Hall–Kier alpha value is -1.42. The molecule has 1 rings (SSSR count). The molecule has 0 aliphatic rings. The zero-order valence-corrected chi connectivity index (χ0v) is 12.4. The Morgan fingerprint density at radius 2 is 1.95 bits per heavy atom. The minimum Gasteiger partial charge on any atom is -0.393 e. The maximum atomic E-state index is 12.0. The number of hydrogen-bond donors (Lipinski definition) is 2. The van der Waals surface area contributed by atoms with E-state index in [2.05, 4.69) is 17.4 Å². The second kappa shape index (κ2) is 7.89. The van der Waals surface area contributed by atoms with Crippen LogP contribution in [0.15, 0.2) is 30.3 Å². The van der Waals surface area contributed by atoms with E-state index in [0.717, 1.165) is 12.8 Å². The second-order valence-corrected chi connectivity index (χ2v) is 5.48. The summed E-state index contributed by atoms with van der Waals surface area (Å²) in [5.41, 5.74) is 6.89. The fraction of sp³-hybridized carbons (Fsp3) is 0.467. The molecular weight excluding hydrogens is 256 g/mol. The summed E-state index contributed by atoms with van der Waals surface area (Å²) in [4.78, 5) is 12.2. The van der Waals surface area contributed by atoms with Crippen molar-refractivity contribution in [2.75, 3.05) is 6.54 Å². The van der Waals surface area contributed by atoms with Crippen LogP contribution in [0.1, 0.15) is 25.8 Å². The van der Waals surface area contributed by atoms with Crippen LogP contribution in [0.3, 0.4) is 0 Å². The van der Waals surface area contributed by atoms with Crippen LogP contribution in [0.25, 0.3) is 0 Å². The van der Waals surface area contributed by atoms with Gasteiger partial charge in [-0.15, -0.1) is 0 Å². The van der Waals surface area contributed by atoms with E-state index in [4.69, 9.17) is 18.0 Å². The average Bonchev–Trinajstić information content (AvgIpc) is 2.35. The topological polar surface area (TPSA) is 55.1 Å². The molecule has 1 amide bonds. The lowest BCUT2D eigenvalue weighted by Crippen LogP contribution is -2.41. The van der Waals surface area contributed by atoms with Gasteiger partial charge in [-0.1, -0.05) is 56.4 Å². The molecule has 0 spiro atoms. The van der Waals surface area contributed by atoms with Crippen LogP contribution in [0.2, 0.25) is 0 Å². The van der Waals surface area contributed by atoms with Crippen molar-refractivity contribution >= 4 is 23.1 Å². The highest BCUT2D eigenvalue weighted by molar-refractivity contribution is 7.80. The van der Waals surface area contributed by atoms with Crippen molar-refractivity contribution in [3.05, 3.63) is 35.9 Å². The van der Waals surface area contributed by atoms with Crippen molar-refractivity contribution in [2.24, 2.45) is 17.6 Å². The summed E-state index contributed by atoms with van der Waals surface area (Å²) in [5.74, 6) is -0.297. The van der Waals surface area contributed by atoms with Crippen LogP contribution >= 0.6 is 12.2 Å². The lowest BCUT2D eigenvalue weighted by molar-refractivity contribution is -0.123. The molecule has 1 aromatic carbocycles.